The molecule has 1 N–H and O–H groups in total. The van der Waals surface area contributed by atoms with Gasteiger partial charge < -0.3 is 10.1 Å². The van der Waals surface area contributed by atoms with E-state index >= 15 is 0 Å². The van der Waals surface area contributed by atoms with Crippen molar-refractivity contribution in [3.8, 4) is 0 Å². The number of hydrogen-bond donors (Lipinski definition) is 1. The summed E-state index contributed by atoms with van der Waals surface area (Å²) < 4.78 is 5.50. The zero-order valence-electron chi connectivity index (χ0n) is 14.4. The predicted octanol–water partition coefficient (Wildman–Crippen LogP) is 3.15. The van der Waals surface area contributed by atoms with Crippen molar-refractivity contribution in [3.05, 3.63) is 0 Å². The number of nitrogens with one attached hydrogen (secondary N) is 1. The molecule has 0 aromatic carbocycles. The normalized spacial score (nSPS) is 29.7. The molecule has 1 atom stereocenters. The van der Waals surface area contributed by atoms with Gasteiger partial charge in [-0.2, -0.15) is 0 Å². The first-order valence-electron chi connectivity index (χ1n) is 9.17. The SMILES string of the molecule is CC(C)CC(CNCC1CCC(C)CC1)N1CCOCC1. The maximum absolute atomic E-state index is 5.50. The number of ether oxygens (including phenoxy) is 1. The first kappa shape index (κ1) is 17.2. The van der Waals surface area contributed by atoms with Crippen LogP contribution in [0, 0.1) is 17.8 Å². The molecule has 2 rings (SSSR count). The lowest BCUT2D eigenvalue weighted by atomic mass is 9.83. The van der Waals surface area contributed by atoms with Crippen molar-refractivity contribution in [1.29, 1.82) is 0 Å². The molecule has 2 aliphatic rings. The van der Waals surface area contributed by atoms with Crippen LogP contribution < -0.4 is 5.32 Å². The molecule has 124 valence electrons. The smallest absolute Gasteiger partial charge is 0.0594 e. The van der Waals surface area contributed by atoms with Crippen molar-refractivity contribution >= 4 is 0 Å². The molecule has 0 amide bonds. The summed E-state index contributed by atoms with van der Waals surface area (Å²) in [6.45, 7) is 13.5. The van der Waals surface area contributed by atoms with Crippen molar-refractivity contribution in [2.24, 2.45) is 17.8 Å². The van der Waals surface area contributed by atoms with E-state index < -0.39 is 0 Å². The van der Waals surface area contributed by atoms with Crippen molar-refractivity contribution in [3.63, 3.8) is 0 Å². The van der Waals surface area contributed by atoms with Crippen molar-refractivity contribution < 1.29 is 4.74 Å². The second-order valence-corrected chi connectivity index (χ2v) is 7.72. The van der Waals surface area contributed by atoms with E-state index in [9.17, 15) is 0 Å². The van der Waals surface area contributed by atoms with Gasteiger partial charge in [0.15, 0.2) is 0 Å². The first-order chi connectivity index (χ1) is 10.1. The van der Waals surface area contributed by atoms with Gasteiger partial charge in [-0.15, -0.1) is 0 Å². The van der Waals surface area contributed by atoms with Gasteiger partial charge in [0, 0.05) is 25.7 Å². The highest BCUT2D eigenvalue weighted by Crippen LogP contribution is 2.27. The summed E-state index contributed by atoms with van der Waals surface area (Å²) in [5.41, 5.74) is 0. The molecule has 3 nitrogen and oxygen atoms in total. The zero-order chi connectivity index (χ0) is 15.1. The summed E-state index contributed by atoms with van der Waals surface area (Å²) in [7, 11) is 0. The van der Waals surface area contributed by atoms with Crippen LogP contribution in [0.3, 0.4) is 0 Å². The molecule has 1 aliphatic carbocycles. The Kier molecular flexibility index (Phi) is 7.48. The van der Waals surface area contributed by atoms with Crippen LogP contribution in [0.25, 0.3) is 0 Å². The molecule has 0 spiro atoms. The molecule has 0 radical (unpaired) electrons. The Morgan fingerprint density at radius 3 is 2.38 bits per heavy atom. The van der Waals surface area contributed by atoms with E-state index in [-0.39, 0.29) is 0 Å². The van der Waals surface area contributed by atoms with E-state index in [4.69, 9.17) is 4.74 Å². The third-order valence-electron chi connectivity index (χ3n) is 5.25. The van der Waals surface area contributed by atoms with Crippen LogP contribution in [0.15, 0.2) is 0 Å². The molecule has 0 aromatic rings. The molecule has 3 heteroatoms. The van der Waals surface area contributed by atoms with Crippen LogP contribution in [-0.2, 0) is 4.74 Å². The summed E-state index contributed by atoms with van der Waals surface area (Å²) >= 11 is 0. The van der Waals surface area contributed by atoms with Gasteiger partial charge in [0.05, 0.1) is 13.2 Å². The van der Waals surface area contributed by atoms with Gasteiger partial charge in [0.25, 0.3) is 0 Å². The third kappa shape index (κ3) is 6.25. The molecule has 0 bridgehead atoms. The van der Waals surface area contributed by atoms with E-state index in [0.717, 1.165) is 50.6 Å². The van der Waals surface area contributed by atoms with E-state index in [1.165, 1.54) is 38.6 Å². The van der Waals surface area contributed by atoms with E-state index in [1.54, 1.807) is 0 Å². The second kappa shape index (κ2) is 9.12. The fourth-order valence-corrected chi connectivity index (χ4v) is 3.84. The van der Waals surface area contributed by atoms with Gasteiger partial charge in [-0.05, 0) is 43.6 Å². The Hall–Kier alpha value is -0.120. The summed E-state index contributed by atoms with van der Waals surface area (Å²) in [5, 5.41) is 3.79. The first-order valence-corrected chi connectivity index (χ1v) is 9.17. The molecule has 1 saturated carbocycles. The van der Waals surface area contributed by atoms with Crippen molar-refractivity contribution in [1.82, 2.24) is 10.2 Å². The number of hydrogen-bond acceptors (Lipinski definition) is 3. The lowest BCUT2D eigenvalue weighted by molar-refractivity contribution is 0.0121. The maximum atomic E-state index is 5.50. The van der Waals surface area contributed by atoms with Gasteiger partial charge in [-0.25, -0.2) is 0 Å². The van der Waals surface area contributed by atoms with Gasteiger partial charge in [-0.1, -0.05) is 33.6 Å². The van der Waals surface area contributed by atoms with E-state index in [2.05, 4.69) is 31.0 Å². The molecular weight excluding hydrogens is 260 g/mol. The predicted molar refractivity (Wildman–Crippen MR) is 89.6 cm³/mol. The Morgan fingerprint density at radius 2 is 1.76 bits per heavy atom. The molecular formula is C18H36N2O. The Bertz CT molecular complexity index is 268. The molecule has 1 aliphatic heterocycles. The zero-order valence-corrected chi connectivity index (χ0v) is 14.4. The highest BCUT2D eigenvalue weighted by molar-refractivity contribution is 4.79. The number of rotatable bonds is 7. The molecule has 2 fully saturated rings. The van der Waals surface area contributed by atoms with Crippen LogP contribution in [0.4, 0.5) is 0 Å². The Balaban J connectivity index is 1.70. The minimum absolute atomic E-state index is 0.691. The summed E-state index contributed by atoms with van der Waals surface area (Å²) in [5.74, 6) is 2.66. The summed E-state index contributed by atoms with van der Waals surface area (Å²) in [6, 6.07) is 0.691. The Labute approximate surface area is 131 Å². The lowest BCUT2D eigenvalue weighted by Gasteiger charge is -2.36. The molecule has 1 heterocycles. The second-order valence-electron chi connectivity index (χ2n) is 7.72. The molecule has 21 heavy (non-hydrogen) atoms. The van der Waals surface area contributed by atoms with Crippen LogP contribution in [-0.4, -0.2) is 50.3 Å². The minimum Gasteiger partial charge on any atom is -0.379 e. The standard InChI is InChI=1S/C18H36N2O/c1-15(2)12-18(20-8-10-21-11-9-20)14-19-13-17-6-4-16(3)5-7-17/h15-19H,4-14H2,1-3H3. The fourth-order valence-electron chi connectivity index (χ4n) is 3.84. The quantitative estimate of drug-likeness (QED) is 0.781. The summed E-state index contributed by atoms with van der Waals surface area (Å²) in [4.78, 5) is 2.64. The molecule has 1 unspecified atom stereocenters. The van der Waals surface area contributed by atoms with Gasteiger partial charge in [-0.3, -0.25) is 4.90 Å². The fraction of sp³-hybridized carbons (Fsp3) is 1.00. The van der Waals surface area contributed by atoms with Gasteiger partial charge in [0.2, 0.25) is 0 Å². The minimum atomic E-state index is 0.691. The average Bonchev–Trinajstić information content (AvgIpc) is 2.49. The number of morpholine rings is 1. The summed E-state index contributed by atoms with van der Waals surface area (Å²) in [6.07, 6.45) is 7.03. The lowest BCUT2D eigenvalue weighted by Crippen LogP contribution is -2.49. The van der Waals surface area contributed by atoms with Crippen LogP contribution in [0.2, 0.25) is 0 Å². The largest absolute Gasteiger partial charge is 0.379 e. The van der Waals surface area contributed by atoms with E-state index in [0.29, 0.717) is 6.04 Å². The van der Waals surface area contributed by atoms with Crippen molar-refractivity contribution in [2.45, 2.75) is 58.9 Å². The van der Waals surface area contributed by atoms with Crippen LogP contribution in [0.1, 0.15) is 52.9 Å². The van der Waals surface area contributed by atoms with Crippen molar-refractivity contribution in [2.75, 3.05) is 39.4 Å². The number of nitrogens with zero attached hydrogens (tertiary/aromatic N) is 1. The average molecular weight is 296 g/mol. The highest BCUT2D eigenvalue weighted by atomic mass is 16.5. The Morgan fingerprint density at radius 1 is 1.10 bits per heavy atom. The van der Waals surface area contributed by atoms with Crippen LogP contribution >= 0.6 is 0 Å². The highest BCUT2D eigenvalue weighted by Gasteiger charge is 2.23. The van der Waals surface area contributed by atoms with Gasteiger partial charge >= 0.3 is 0 Å². The topological polar surface area (TPSA) is 24.5 Å². The monoisotopic (exact) mass is 296 g/mol. The van der Waals surface area contributed by atoms with Crippen LogP contribution in [0.5, 0.6) is 0 Å². The molecule has 1 saturated heterocycles. The molecule has 0 aromatic heterocycles. The van der Waals surface area contributed by atoms with E-state index in [1.807, 2.05) is 0 Å². The van der Waals surface area contributed by atoms with Gasteiger partial charge in [0.1, 0.15) is 0 Å². The maximum Gasteiger partial charge on any atom is 0.0594 e. The third-order valence-corrected chi connectivity index (χ3v) is 5.25.